The molecule has 0 saturated carbocycles. The molecule has 4 heteroatoms. The van der Waals surface area contributed by atoms with Crippen molar-refractivity contribution in [3.8, 4) is 0 Å². The second kappa shape index (κ2) is 4.33. The van der Waals surface area contributed by atoms with Crippen LogP contribution in [0.15, 0.2) is 0 Å². The van der Waals surface area contributed by atoms with Crippen molar-refractivity contribution in [2.75, 3.05) is 19.8 Å². The topological polar surface area (TPSA) is 21.3 Å². The van der Waals surface area contributed by atoms with Gasteiger partial charge in [0.15, 0.2) is 0 Å². The fraction of sp³-hybridized carbons (Fsp3) is 1.00. The third-order valence-electron chi connectivity index (χ3n) is 1.99. The van der Waals surface area contributed by atoms with E-state index in [0.29, 0.717) is 12.5 Å². The van der Waals surface area contributed by atoms with Crippen molar-refractivity contribution >= 4 is 0 Å². The molecule has 0 aliphatic carbocycles. The zero-order chi connectivity index (χ0) is 9.90. The molecule has 0 radical (unpaired) electrons. The summed E-state index contributed by atoms with van der Waals surface area (Å²) in [6, 6.07) is -0.189. The molecule has 0 aromatic rings. The van der Waals surface area contributed by atoms with Crippen molar-refractivity contribution in [1.29, 1.82) is 0 Å². The van der Waals surface area contributed by atoms with Gasteiger partial charge in [-0.25, -0.2) is 8.78 Å². The van der Waals surface area contributed by atoms with Gasteiger partial charge in [-0.15, -0.1) is 0 Å². The minimum absolute atomic E-state index is 0.0975. The summed E-state index contributed by atoms with van der Waals surface area (Å²) in [5, 5.41) is 3.07. The van der Waals surface area contributed by atoms with Crippen molar-refractivity contribution in [2.45, 2.75) is 32.2 Å². The number of nitrogens with one attached hydrogen (secondary N) is 1. The quantitative estimate of drug-likeness (QED) is 0.736. The second-order valence-corrected chi connectivity index (χ2v) is 4.07. The van der Waals surface area contributed by atoms with Crippen LogP contribution in [-0.2, 0) is 4.74 Å². The molecule has 1 aliphatic rings. The first kappa shape index (κ1) is 10.9. The summed E-state index contributed by atoms with van der Waals surface area (Å²) in [6.07, 6.45) is -0.0975. The molecule has 78 valence electrons. The van der Waals surface area contributed by atoms with E-state index in [4.69, 9.17) is 4.74 Å². The Labute approximate surface area is 77.6 Å². The van der Waals surface area contributed by atoms with Gasteiger partial charge in [0.25, 0.3) is 5.92 Å². The minimum Gasteiger partial charge on any atom is -0.374 e. The molecule has 0 aromatic heterocycles. The van der Waals surface area contributed by atoms with Crippen LogP contribution in [0.2, 0.25) is 0 Å². The van der Waals surface area contributed by atoms with Gasteiger partial charge in [0.2, 0.25) is 0 Å². The Morgan fingerprint density at radius 1 is 1.54 bits per heavy atom. The largest absolute Gasteiger partial charge is 0.374 e. The lowest BCUT2D eigenvalue weighted by Gasteiger charge is -2.30. The average molecular weight is 193 g/mol. The fourth-order valence-corrected chi connectivity index (χ4v) is 1.36. The van der Waals surface area contributed by atoms with Crippen LogP contribution in [0.5, 0.6) is 0 Å². The molecule has 0 bridgehead atoms. The second-order valence-electron chi connectivity index (χ2n) is 4.07. The first-order valence-electron chi connectivity index (χ1n) is 4.68. The van der Waals surface area contributed by atoms with Gasteiger partial charge in [0, 0.05) is 12.5 Å². The van der Waals surface area contributed by atoms with E-state index in [9.17, 15) is 8.78 Å². The summed E-state index contributed by atoms with van der Waals surface area (Å²) in [5.74, 6) is -2.16. The molecule has 1 N–H and O–H groups in total. The molecule has 1 aliphatic heterocycles. The van der Waals surface area contributed by atoms with Gasteiger partial charge in [0.1, 0.15) is 6.61 Å². The Balaban J connectivity index is 2.26. The Hall–Kier alpha value is -0.220. The molecule has 1 rings (SSSR count). The van der Waals surface area contributed by atoms with Crippen molar-refractivity contribution < 1.29 is 13.5 Å². The highest BCUT2D eigenvalue weighted by atomic mass is 19.3. The molecule has 1 fully saturated rings. The standard InChI is InChI=1S/C9H17F2NO/c1-7(2)4-12-8-3-9(10,11)6-13-5-8/h7-8,12H,3-6H2,1-2H3. The first-order chi connectivity index (χ1) is 5.99. The van der Waals surface area contributed by atoms with E-state index < -0.39 is 12.5 Å². The lowest BCUT2D eigenvalue weighted by molar-refractivity contribution is -0.125. The van der Waals surface area contributed by atoms with Gasteiger partial charge in [-0.2, -0.15) is 0 Å². The molecule has 1 atom stereocenters. The first-order valence-corrected chi connectivity index (χ1v) is 4.68. The summed E-state index contributed by atoms with van der Waals surface area (Å²) >= 11 is 0. The molecule has 2 nitrogen and oxygen atoms in total. The third kappa shape index (κ3) is 4.00. The maximum atomic E-state index is 12.8. The smallest absolute Gasteiger partial charge is 0.272 e. The molecular formula is C9H17F2NO. The van der Waals surface area contributed by atoms with E-state index in [-0.39, 0.29) is 12.5 Å². The highest BCUT2D eigenvalue weighted by Crippen LogP contribution is 2.24. The Kier molecular flexibility index (Phi) is 3.62. The third-order valence-corrected chi connectivity index (χ3v) is 1.99. The van der Waals surface area contributed by atoms with Crippen LogP contribution < -0.4 is 5.32 Å². The van der Waals surface area contributed by atoms with E-state index >= 15 is 0 Å². The molecule has 0 amide bonds. The molecule has 13 heavy (non-hydrogen) atoms. The fourth-order valence-electron chi connectivity index (χ4n) is 1.36. The average Bonchev–Trinajstić information content (AvgIpc) is 1.99. The molecule has 1 heterocycles. The van der Waals surface area contributed by atoms with E-state index in [1.807, 2.05) is 0 Å². The lowest BCUT2D eigenvalue weighted by Crippen LogP contribution is -2.46. The molecule has 0 spiro atoms. The van der Waals surface area contributed by atoms with E-state index in [0.717, 1.165) is 6.54 Å². The molecule has 1 saturated heterocycles. The number of ether oxygens (including phenoxy) is 1. The van der Waals surface area contributed by atoms with E-state index in [2.05, 4.69) is 19.2 Å². The van der Waals surface area contributed by atoms with Crippen LogP contribution in [-0.4, -0.2) is 31.7 Å². The number of alkyl halides is 2. The predicted molar refractivity (Wildman–Crippen MR) is 47.0 cm³/mol. The zero-order valence-electron chi connectivity index (χ0n) is 8.15. The van der Waals surface area contributed by atoms with E-state index in [1.165, 1.54) is 0 Å². The van der Waals surface area contributed by atoms with Crippen LogP contribution in [0.1, 0.15) is 20.3 Å². The predicted octanol–water partition coefficient (Wildman–Crippen LogP) is 1.66. The monoisotopic (exact) mass is 193 g/mol. The Morgan fingerprint density at radius 2 is 2.23 bits per heavy atom. The van der Waals surface area contributed by atoms with Crippen molar-refractivity contribution in [3.05, 3.63) is 0 Å². The van der Waals surface area contributed by atoms with Gasteiger partial charge >= 0.3 is 0 Å². The number of hydrogen-bond acceptors (Lipinski definition) is 2. The van der Waals surface area contributed by atoms with Crippen LogP contribution in [0.25, 0.3) is 0 Å². The highest BCUT2D eigenvalue weighted by Gasteiger charge is 2.36. The molecule has 0 aromatic carbocycles. The minimum atomic E-state index is -2.65. The van der Waals surface area contributed by atoms with Gasteiger partial charge in [-0.1, -0.05) is 13.8 Å². The number of hydrogen-bond donors (Lipinski definition) is 1. The summed E-state index contributed by atoms with van der Waals surface area (Å²) in [7, 11) is 0. The van der Waals surface area contributed by atoms with Gasteiger partial charge in [-0.3, -0.25) is 0 Å². The van der Waals surface area contributed by atoms with Crippen molar-refractivity contribution in [2.24, 2.45) is 5.92 Å². The molecule has 1 unspecified atom stereocenters. The SMILES string of the molecule is CC(C)CNC1COCC(F)(F)C1. The lowest BCUT2D eigenvalue weighted by atomic mass is 10.1. The maximum Gasteiger partial charge on any atom is 0.272 e. The van der Waals surface area contributed by atoms with Gasteiger partial charge in [-0.05, 0) is 12.5 Å². The van der Waals surface area contributed by atoms with Gasteiger partial charge < -0.3 is 10.1 Å². The number of halogens is 2. The van der Waals surface area contributed by atoms with Crippen molar-refractivity contribution in [1.82, 2.24) is 5.32 Å². The summed E-state index contributed by atoms with van der Waals surface area (Å²) in [4.78, 5) is 0. The summed E-state index contributed by atoms with van der Waals surface area (Å²) in [6.45, 7) is 4.85. The Bertz CT molecular complexity index is 162. The van der Waals surface area contributed by atoms with Crippen LogP contribution in [0.3, 0.4) is 0 Å². The zero-order valence-corrected chi connectivity index (χ0v) is 8.15. The van der Waals surface area contributed by atoms with E-state index in [1.54, 1.807) is 0 Å². The van der Waals surface area contributed by atoms with Crippen molar-refractivity contribution in [3.63, 3.8) is 0 Å². The number of rotatable bonds is 3. The molecular weight excluding hydrogens is 176 g/mol. The summed E-state index contributed by atoms with van der Waals surface area (Å²) < 4.78 is 30.4. The highest BCUT2D eigenvalue weighted by molar-refractivity contribution is 4.81. The van der Waals surface area contributed by atoms with Crippen LogP contribution in [0.4, 0.5) is 8.78 Å². The van der Waals surface area contributed by atoms with Gasteiger partial charge in [0.05, 0.1) is 6.61 Å². The summed E-state index contributed by atoms with van der Waals surface area (Å²) in [5.41, 5.74) is 0. The normalized spacial score (nSPS) is 27.9. The van der Waals surface area contributed by atoms with Crippen LogP contribution >= 0.6 is 0 Å². The maximum absolute atomic E-state index is 12.8. The Morgan fingerprint density at radius 3 is 2.77 bits per heavy atom. The van der Waals surface area contributed by atoms with Crippen LogP contribution in [0, 0.1) is 5.92 Å².